The molecule has 158 valence electrons. The van der Waals surface area contributed by atoms with Gasteiger partial charge in [-0.15, -0.1) is 0 Å². The van der Waals surface area contributed by atoms with E-state index in [4.69, 9.17) is 0 Å². The molecule has 0 aliphatic carbocycles. The first-order valence-corrected chi connectivity index (χ1v) is 13.0. The van der Waals surface area contributed by atoms with E-state index >= 15 is 0 Å². The molecular formula is C23H26N2O3S2. The van der Waals surface area contributed by atoms with Gasteiger partial charge in [0.15, 0.2) is 15.0 Å². The van der Waals surface area contributed by atoms with Crippen LogP contribution in [0.1, 0.15) is 24.0 Å². The quantitative estimate of drug-likeness (QED) is 0.658. The van der Waals surface area contributed by atoms with E-state index in [0.717, 1.165) is 19.3 Å². The van der Waals surface area contributed by atoms with Crippen LogP contribution in [0.5, 0.6) is 0 Å². The number of aryl methyl sites for hydroxylation is 1. The van der Waals surface area contributed by atoms with Crippen LogP contribution in [0.2, 0.25) is 0 Å². The standard InChI is InChI=1S/C23H26N2O3S2/c26-22(13-7-12-18-8-3-1-4-9-18)24-23-25(15-14-19-10-5-2-6-11-19)20-16-30(27,28)17-21(20)29-23/h1-6,8-11,20-21H,7,12-17H2/t20-,21-/m0/s1. The summed E-state index contributed by atoms with van der Waals surface area (Å²) in [6.07, 6.45) is 2.81. The van der Waals surface area contributed by atoms with Crippen molar-refractivity contribution in [1.82, 2.24) is 4.90 Å². The highest BCUT2D eigenvalue weighted by atomic mass is 32.2. The highest BCUT2D eigenvalue weighted by Crippen LogP contribution is 2.38. The highest BCUT2D eigenvalue weighted by molar-refractivity contribution is 8.15. The molecule has 2 aliphatic heterocycles. The molecule has 5 nitrogen and oxygen atoms in total. The van der Waals surface area contributed by atoms with Crippen molar-refractivity contribution in [2.45, 2.75) is 37.0 Å². The van der Waals surface area contributed by atoms with E-state index in [2.05, 4.69) is 34.2 Å². The van der Waals surface area contributed by atoms with Gasteiger partial charge in [0.05, 0.1) is 17.5 Å². The normalized spacial score (nSPS) is 23.6. The largest absolute Gasteiger partial charge is 0.346 e. The maximum Gasteiger partial charge on any atom is 0.248 e. The van der Waals surface area contributed by atoms with Crippen LogP contribution < -0.4 is 0 Å². The van der Waals surface area contributed by atoms with Crippen LogP contribution in [-0.2, 0) is 27.5 Å². The summed E-state index contributed by atoms with van der Waals surface area (Å²) in [6.45, 7) is 0.670. The monoisotopic (exact) mass is 442 g/mol. The Morgan fingerprint density at radius 2 is 1.60 bits per heavy atom. The predicted octanol–water partition coefficient (Wildman–Crippen LogP) is 3.35. The van der Waals surface area contributed by atoms with Crippen molar-refractivity contribution in [2.75, 3.05) is 18.1 Å². The molecule has 2 fully saturated rings. The molecule has 0 aromatic heterocycles. The van der Waals surface area contributed by atoms with Crippen LogP contribution in [0, 0.1) is 0 Å². The smallest absolute Gasteiger partial charge is 0.248 e. The molecule has 0 N–H and O–H groups in total. The summed E-state index contributed by atoms with van der Waals surface area (Å²) in [7, 11) is -3.02. The second kappa shape index (κ2) is 9.35. The van der Waals surface area contributed by atoms with Crippen LogP contribution in [0.25, 0.3) is 0 Å². The van der Waals surface area contributed by atoms with Crippen molar-refractivity contribution in [3.8, 4) is 0 Å². The number of sulfone groups is 1. The van der Waals surface area contributed by atoms with Crippen molar-refractivity contribution in [1.29, 1.82) is 0 Å². The van der Waals surface area contributed by atoms with Gasteiger partial charge in [0.25, 0.3) is 0 Å². The Morgan fingerprint density at radius 3 is 2.27 bits per heavy atom. The summed E-state index contributed by atoms with van der Waals surface area (Å²) in [5.41, 5.74) is 2.41. The Kier molecular flexibility index (Phi) is 6.58. The minimum absolute atomic E-state index is 0.0263. The van der Waals surface area contributed by atoms with Gasteiger partial charge in [-0.2, -0.15) is 4.99 Å². The number of benzene rings is 2. The molecular weight excluding hydrogens is 416 g/mol. The fourth-order valence-electron chi connectivity index (χ4n) is 4.04. The third kappa shape index (κ3) is 5.32. The van der Waals surface area contributed by atoms with Gasteiger partial charge >= 0.3 is 0 Å². The number of aliphatic imine (C=N–C) groups is 1. The Morgan fingerprint density at radius 1 is 0.967 bits per heavy atom. The number of carbonyl (C=O) groups excluding carboxylic acids is 1. The summed E-state index contributed by atoms with van der Waals surface area (Å²) in [5.74, 6) is 0.201. The predicted molar refractivity (Wildman–Crippen MR) is 122 cm³/mol. The first kappa shape index (κ1) is 21.1. The molecule has 2 saturated heterocycles. The summed E-state index contributed by atoms with van der Waals surface area (Å²) >= 11 is 1.46. The number of amidine groups is 1. The van der Waals surface area contributed by atoms with Gasteiger partial charge in [-0.25, -0.2) is 8.42 Å². The molecule has 0 saturated carbocycles. The van der Waals surface area contributed by atoms with E-state index in [1.807, 2.05) is 36.4 Å². The second-order valence-corrected chi connectivity index (χ2v) is 11.2. The van der Waals surface area contributed by atoms with E-state index in [9.17, 15) is 13.2 Å². The van der Waals surface area contributed by atoms with E-state index in [1.54, 1.807) is 0 Å². The Balaban J connectivity index is 1.41. The van der Waals surface area contributed by atoms with Gasteiger partial charge in [-0.05, 0) is 30.4 Å². The van der Waals surface area contributed by atoms with Crippen LogP contribution in [0.4, 0.5) is 0 Å². The van der Waals surface area contributed by atoms with E-state index in [1.165, 1.54) is 22.9 Å². The maximum atomic E-state index is 12.5. The molecule has 0 bridgehead atoms. The topological polar surface area (TPSA) is 66.8 Å². The Hall–Kier alpha value is -2.12. The van der Waals surface area contributed by atoms with Gasteiger partial charge in [0, 0.05) is 18.2 Å². The number of rotatable bonds is 7. The van der Waals surface area contributed by atoms with E-state index in [0.29, 0.717) is 18.1 Å². The third-order valence-corrected chi connectivity index (χ3v) is 8.83. The zero-order valence-corrected chi connectivity index (χ0v) is 18.4. The lowest BCUT2D eigenvalue weighted by Gasteiger charge is -2.24. The SMILES string of the molecule is O=C(CCCc1ccccc1)N=C1S[C@H]2CS(=O)(=O)C[C@@H]2N1CCc1ccccc1. The fraction of sp³-hybridized carbons (Fsp3) is 0.391. The minimum atomic E-state index is -3.02. The number of fused-ring (bicyclic) bond motifs is 1. The van der Waals surface area contributed by atoms with Crippen molar-refractivity contribution >= 4 is 32.7 Å². The Labute approximate surface area is 182 Å². The van der Waals surface area contributed by atoms with Gasteiger partial charge in [-0.1, -0.05) is 72.4 Å². The molecule has 2 aromatic carbocycles. The van der Waals surface area contributed by atoms with Crippen LogP contribution in [0.3, 0.4) is 0 Å². The molecule has 4 rings (SSSR count). The summed E-state index contributed by atoms with van der Waals surface area (Å²) in [6, 6.07) is 20.2. The number of nitrogens with zero attached hydrogens (tertiary/aromatic N) is 2. The molecule has 0 unspecified atom stereocenters. The molecule has 2 aromatic rings. The molecule has 2 aliphatic rings. The summed E-state index contributed by atoms with van der Waals surface area (Å²) in [5, 5.41) is 0.669. The van der Waals surface area contributed by atoms with Crippen LogP contribution in [-0.4, -0.2) is 53.7 Å². The highest BCUT2D eigenvalue weighted by Gasteiger charge is 2.48. The molecule has 7 heteroatoms. The zero-order valence-electron chi connectivity index (χ0n) is 16.8. The van der Waals surface area contributed by atoms with Gasteiger partial charge in [-0.3, -0.25) is 4.79 Å². The second-order valence-electron chi connectivity index (χ2n) is 7.86. The van der Waals surface area contributed by atoms with Crippen LogP contribution >= 0.6 is 11.8 Å². The first-order chi connectivity index (χ1) is 14.5. The van der Waals surface area contributed by atoms with Crippen molar-refractivity contribution in [3.05, 3.63) is 71.8 Å². The number of amides is 1. The number of carbonyl (C=O) groups is 1. The fourth-order valence-corrected chi connectivity index (χ4v) is 8.04. The van der Waals surface area contributed by atoms with Gasteiger partial charge < -0.3 is 4.90 Å². The molecule has 0 radical (unpaired) electrons. The maximum absolute atomic E-state index is 12.5. The first-order valence-electron chi connectivity index (χ1n) is 10.3. The molecule has 2 atom stereocenters. The van der Waals surface area contributed by atoms with E-state index < -0.39 is 9.84 Å². The molecule has 2 heterocycles. The lowest BCUT2D eigenvalue weighted by molar-refractivity contribution is -0.117. The number of hydrogen-bond donors (Lipinski definition) is 0. The van der Waals surface area contributed by atoms with Gasteiger partial charge in [0.1, 0.15) is 0 Å². The lowest BCUT2D eigenvalue weighted by Crippen LogP contribution is -2.39. The lowest BCUT2D eigenvalue weighted by atomic mass is 10.1. The van der Waals surface area contributed by atoms with Crippen molar-refractivity contribution in [3.63, 3.8) is 0 Å². The van der Waals surface area contributed by atoms with Crippen molar-refractivity contribution in [2.24, 2.45) is 4.99 Å². The number of thioether (sulfide) groups is 1. The molecule has 0 spiro atoms. The number of hydrogen-bond acceptors (Lipinski definition) is 4. The Bertz CT molecular complexity index is 1010. The average Bonchev–Trinajstić information content (AvgIpc) is 3.19. The van der Waals surface area contributed by atoms with Crippen LogP contribution in [0.15, 0.2) is 65.7 Å². The average molecular weight is 443 g/mol. The molecule has 1 amide bonds. The molecule has 30 heavy (non-hydrogen) atoms. The van der Waals surface area contributed by atoms with Gasteiger partial charge in [0.2, 0.25) is 5.91 Å². The summed E-state index contributed by atoms with van der Waals surface area (Å²) in [4.78, 5) is 19.0. The third-order valence-electron chi connectivity index (χ3n) is 5.58. The summed E-state index contributed by atoms with van der Waals surface area (Å²) < 4.78 is 24.2. The van der Waals surface area contributed by atoms with E-state index in [-0.39, 0.29) is 28.7 Å². The van der Waals surface area contributed by atoms with Crippen molar-refractivity contribution < 1.29 is 13.2 Å². The zero-order chi connectivity index (χ0) is 21.0. The minimum Gasteiger partial charge on any atom is -0.346 e.